The summed E-state index contributed by atoms with van der Waals surface area (Å²) in [6.45, 7) is 11.7. The number of allylic oxidation sites excluding steroid dienone is 5. The number of thioether (sulfide) groups is 1. The van der Waals surface area contributed by atoms with Gasteiger partial charge in [0.15, 0.2) is 0 Å². The molecule has 124 valence electrons. The summed E-state index contributed by atoms with van der Waals surface area (Å²) in [6.07, 6.45) is 7.63. The number of fused-ring (bicyclic) bond motifs is 1. The molecule has 2 aromatic rings. The first kappa shape index (κ1) is 18.8. The third-order valence-corrected chi connectivity index (χ3v) is 4.32. The summed E-state index contributed by atoms with van der Waals surface area (Å²) in [4.78, 5) is 9.49. The Hall–Kier alpha value is -2.21. The maximum atomic E-state index is 5.98. The van der Waals surface area contributed by atoms with Crippen molar-refractivity contribution in [3.8, 4) is 0 Å². The topological polar surface area (TPSA) is 82.8 Å². The first-order chi connectivity index (χ1) is 11.0. The summed E-state index contributed by atoms with van der Waals surface area (Å²) in [5, 5.41) is 1.95. The average Bonchev–Trinajstić information content (AvgIpc) is 2.74. The third kappa shape index (κ3) is 4.16. The SMILES string of the molecule is C=C/C=C\C=C(/C)Sc1c(C)c2c(N)nc(N)nc2n1C.CC. The Morgan fingerprint density at radius 2 is 1.87 bits per heavy atom. The Kier molecular flexibility index (Phi) is 6.90. The molecule has 0 saturated carbocycles. The van der Waals surface area contributed by atoms with Crippen LogP contribution in [0.5, 0.6) is 0 Å². The molecule has 23 heavy (non-hydrogen) atoms. The van der Waals surface area contributed by atoms with Gasteiger partial charge in [0.1, 0.15) is 11.5 Å². The number of nitrogens with zero attached hydrogens (tertiary/aromatic N) is 3. The Bertz CT molecular complexity index is 756. The fourth-order valence-electron chi connectivity index (χ4n) is 2.14. The lowest BCUT2D eigenvalue weighted by molar-refractivity contribution is 0.840. The standard InChI is InChI=1S/C15H19N5S.C2H6/c1-5-6-7-8-9(2)21-14-10(3)11-12(16)18-15(17)19-13(11)20(14)4;1-2/h5-8H,1H2,2-4H3,(H4,16,17,18,19);1-2H3/b7-6-,9-8+;. The van der Waals surface area contributed by atoms with Crippen molar-refractivity contribution in [1.29, 1.82) is 0 Å². The quantitative estimate of drug-likeness (QED) is 0.648. The van der Waals surface area contributed by atoms with Gasteiger partial charge in [-0.2, -0.15) is 9.97 Å². The second kappa shape index (κ2) is 8.43. The van der Waals surface area contributed by atoms with Gasteiger partial charge in [-0.15, -0.1) is 0 Å². The number of anilines is 2. The van der Waals surface area contributed by atoms with E-state index < -0.39 is 0 Å². The molecule has 0 atom stereocenters. The average molecular weight is 331 g/mol. The summed E-state index contributed by atoms with van der Waals surface area (Å²) in [5.74, 6) is 0.615. The van der Waals surface area contributed by atoms with Gasteiger partial charge in [0.25, 0.3) is 0 Å². The van der Waals surface area contributed by atoms with Crippen LogP contribution in [0.2, 0.25) is 0 Å². The normalized spacial score (nSPS) is 11.6. The zero-order valence-electron chi connectivity index (χ0n) is 14.4. The lowest BCUT2D eigenvalue weighted by atomic mass is 10.2. The molecular formula is C17H25N5S. The van der Waals surface area contributed by atoms with E-state index in [9.17, 15) is 0 Å². The fourth-order valence-corrected chi connectivity index (χ4v) is 3.07. The van der Waals surface area contributed by atoms with E-state index in [4.69, 9.17) is 11.5 Å². The number of aryl methyl sites for hydroxylation is 2. The van der Waals surface area contributed by atoms with Crippen LogP contribution < -0.4 is 11.5 Å². The molecule has 0 unspecified atom stereocenters. The van der Waals surface area contributed by atoms with E-state index in [1.165, 1.54) is 0 Å². The van der Waals surface area contributed by atoms with Crippen LogP contribution in [0.3, 0.4) is 0 Å². The van der Waals surface area contributed by atoms with Crippen LogP contribution in [0.25, 0.3) is 11.0 Å². The van der Waals surface area contributed by atoms with Gasteiger partial charge in [-0.25, -0.2) is 0 Å². The highest BCUT2D eigenvalue weighted by Gasteiger charge is 2.17. The number of aromatic nitrogens is 3. The summed E-state index contributed by atoms with van der Waals surface area (Å²) < 4.78 is 2.00. The van der Waals surface area contributed by atoms with Crippen molar-refractivity contribution < 1.29 is 0 Å². The van der Waals surface area contributed by atoms with Gasteiger partial charge < -0.3 is 16.0 Å². The predicted molar refractivity (Wildman–Crippen MR) is 102 cm³/mol. The van der Waals surface area contributed by atoms with Crippen LogP contribution in [0, 0.1) is 6.92 Å². The van der Waals surface area contributed by atoms with E-state index in [0.29, 0.717) is 5.82 Å². The molecule has 0 saturated heterocycles. The number of rotatable bonds is 4. The van der Waals surface area contributed by atoms with E-state index in [1.54, 1.807) is 17.8 Å². The first-order valence-corrected chi connectivity index (χ1v) is 8.29. The Balaban J connectivity index is 0.00000127. The second-order valence-electron chi connectivity index (χ2n) is 4.65. The molecule has 4 N–H and O–H groups in total. The number of hydrogen-bond acceptors (Lipinski definition) is 5. The molecule has 0 aromatic carbocycles. The largest absolute Gasteiger partial charge is 0.383 e. The molecule has 2 aromatic heterocycles. The second-order valence-corrected chi connectivity index (χ2v) is 5.89. The van der Waals surface area contributed by atoms with Crippen molar-refractivity contribution in [2.75, 3.05) is 11.5 Å². The van der Waals surface area contributed by atoms with Gasteiger partial charge >= 0.3 is 0 Å². The predicted octanol–water partition coefficient (Wildman–Crippen LogP) is 4.21. The Labute approximate surface area is 142 Å². The molecule has 0 fully saturated rings. The molecule has 0 aliphatic carbocycles. The lowest BCUT2D eigenvalue weighted by Gasteiger charge is -2.04. The molecule has 5 nitrogen and oxygen atoms in total. The maximum absolute atomic E-state index is 5.98. The molecule has 0 aliphatic rings. The Morgan fingerprint density at radius 1 is 1.22 bits per heavy atom. The molecule has 0 radical (unpaired) electrons. The summed E-state index contributed by atoms with van der Waals surface area (Å²) >= 11 is 1.66. The highest BCUT2D eigenvalue weighted by atomic mass is 32.2. The highest BCUT2D eigenvalue weighted by Crippen LogP contribution is 2.36. The summed E-state index contributed by atoms with van der Waals surface area (Å²) in [5.41, 5.74) is 13.5. The van der Waals surface area contributed by atoms with Crippen molar-refractivity contribution in [2.45, 2.75) is 32.7 Å². The van der Waals surface area contributed by atoms with E-state index in [1.807, 2.05) is 50.6 Å². The van der Waals surface area contributed by atoms with Gasteiger partial charge in [0.2, 0.25) is 5.95 Å². The highest BCUT2D eigenvalue weighted by molar-refractivity contribution is 8.03. The number of nitrogen functional groups attached to an aromatic ring is 2. The minimum absolute atomic E-state index is 0.193. The lowest BCUT2D eigenvalue weighted by Crippen LogP contribution is -2.01. The van der Waals surface area contributed by atoms with Crippen molar-refractivity contribution in [2.24, 2.45) is 7.05 Å². The molecule has 0 amide bonds. The van der Waals surface area contributed by atoms with E-state index >= 15 is 0 Å². The van der Waals surface area contributed by atoms with Gasteiger partial charge in [-0.05, 0) is 24.3 Å². The minimum Gasteiger partial charge on any atom is -0.383 e. The summed E-state index contributed by atoms with van der Waals surface area (Å²) in [7, 11) is 1.95. The monoisotopic (exact) mass is 331 g/mol. The van der Waals surface area contributed by atoms with Crippen LogP contribution in [0.15, 0.2) is 40.8 Å². The van der Waals surface area contributed by atoms with Gasteiger partial charge in [-0.1, -0.05) is 56.5 Å². The van der Waals surface area contributed by atoms with Crippen LogP contribution in [-0.2, 0) is 7.05 Å². The van der Waals surface area contributed by atoms with E-state index in [2.05, 4.69) is 23.5 Å². The van der Waals surface area contributed by atoms with Crippen molar-refractivity contribution in [1.82, 2.24) is 14.5 Å². The van der Waals surface area contributed by atoms with Gasteiger partial charge in [0, 0.05) is 7.05 Å². The molecule has 0 bridgehead atoms. The van der Waals surface area contributed by atoms with Crippen LogP contribution in [0.1, 0.15) is 26.3 Å². The van der Waals surface area contributed by atoms with Gasteiger partial charge in [-0.3, -0.25) is 0 Å². The van der Waals surface area contributed by atoms with Crippen molar-refractivity contribution in [3.63, 3.8) is 0 Å². The van der Waals surface area contributed by atoms with E-state index in [-0.39, 0.29) is 5.95 Å². The molecule has 0 aliphatic heterocycles. The smallest absolute Gasteiger partial charge is 0.223 e. The first-order valence-electron chi connectivity index (χ1n) is 7.47. The Morgan fingerprint density at radius 3 is 2.48 bits per heavy atom. The maximum Gasteiger partial charge on any atom is 0.223 e. The third-order valence-electron chi connectivity index (χ3n) is 3.09. The molecule has 0 spiro atoms. The van der Waals surface area contributed by atoms with Crippen molar-refractivity contribution in [3.05, 3.63) is 41.4 Å². The zero-order chi connectivity index (χ0) is 17.6. The van der Waals surface area contributed by atoms with Gasteiger partial charge in [0.05, 0.1) is 10.4 Å². The molecular weight excluding hydrogens is 306 g/mol. The van der Waals surface area contributed by atoms with Crippen LogP contribution in [0.4, 0.5) is 11.8 Å². The number of nitrogens with two attached hydrogens (primary N) is 2. The number of hydrogen-bond donors (Lipinski definition) is 2. The minimum atomic E-state index is 0.193. The summed E-state index contributed by atoms with van der Waals surface area (Å²) in [6, 6.07) is 0. The molecule has 2 heterocycles. The molecule has 2 rings (SSSR count). The van der Waals surface area contributed by atoms with E-state index in [0.717, 1.165) is 26.5 Å². The van der Waals surface area contributed by atoms with Crippen LogP contribution in [-0.4, -0.2) is 14.5 Å². The molecule has 6 heteroatoms. The fraction of sp³-hybridized carbons (Fsp3) is 0.294. The van der Waals surface area contributed by atoms with Crippen molar-refractivity contribution >= 4 is 34.6 Å². The van der Waals surface area contributed by atoms with Crippen LogP contribution >= 0.6 is 11.8 Å². The zero-order valence-corrected chi connectivity index (χ0v) is 15.2.